The average Bonchev–Trinajstić information content (AvgIpc) is 3.45. The van der Waals surface area contributed by atoms with Gasteiger partial charge in [-0.2, -0.15) is 0 Å². The minimum Gasteiger partial charge on any atom is -0.457 e. The first-order valence-corrected chi connectivity index (χ1v) is 12.3. The lowest BCUT2D eigenvalue weighted by atomic mass is 9.44. The largest absolute Gasteiger partial charge is 0.457 e. The van der Waals surface area contributed by atoms with E-state index in [9.17, 15) is 23.9 Å². The van der Waals surface area contributed by atoms with Gasteiger partial charge in [0.15, 0.2) is 11.5 Å². The second-order valence-corrected chi connectivity index (χ2v) is 11.1. The highest BCUT2D eigenvalue weighted by atomic mass is 19.1. The van der Waals surface area contributed by atoms with E-state index in [0.717, 1.165) is 6.08 Å². The second kappa shape index (κ2) is 8.31. The summed E-state index contributed by atoms with van der Waals surface area (Å²) in [6.45, 7) is 3.15. The summed E-state index contributed by atoms with van der Waals surface area (Å²) in [5, 5.41) is 11.5. The highest BCUT2D eigenvalue weighted by Crippen LogP contribution is 2.71. The summed E-state index contributed by atoms with van der Waals surface area (Å²) >= 11 is 0. The molecule has 37 heavy (non-hydrogen) atoms. The topological polar surface area (TPSA) is 103 Å². The lowest BCUT2D eigenvalue weighted by Crippen LogP contribution is -2.71. The number of halogens is 3. The van der Waals surface area contributed by atoms with Crippen LogP contribution in [-0.2, 0) is 19.1 Å². The number of hydrogen-bond donors (Lipinski definition) is 1. The maximum absolute atomic E-state index is 17.3. The van der Waals surface area contributed by atoms with E-state index < -0.39 is 76.7 Å². The number of ether oxygens (including phenoxy) is 2. The summed E-state index contributed by atoms with van der Waals surface area (Å²) in [5.74, 6) is -5.48. The summed E-state index contributed by atoms with van der Waals surface area (Å²) in [4.78, 5) is 38.4. The fraction of sp³-hybridized carbons (Fsp3) is 0.593. The second-order valence-electron chi connectivity index (χ2n) is 11.1. The van der Waals surface area contributed by atoms with E-state index in [1.807, 2.05) is 0 Å². The van der Waals surface area contributed by atoms with Gasteiger partial charge in [-0.3, -0.25) is 4.79 Å². The number of aliphatic hydroxyl groups excluding tert-OH is 1. The molecule has 1 aromatic heterocycles. The number of hydrogen-bond acceptors (Lipinski definition) is 7. The fourth-order valence-electron chi connectivity index (χ4n) is 7.97. The first-order chi connectivity index (χ1) is 17.4. The Morgan fingerprint density at radius 1 is 1.24 bits per heavy atom. The molecule has 4 aliphatic carbocycles. The normalized spacial score (nSPS) is 44.4. The predicted octanol–water partition coefficient (Wildman–Crippen LogP) is 4.21. The minimum absolute atomic E-state index is 0.0280. The molecule has 3 fully saturated rings. The minimum atomic E-state index is -2.38. The van der Waals surface area contributed by atoms with Crippen molar-refractivity contribution in [2.75, 3.05) is 6.86 Å². The van der Waals surface area contributed by atoms with E-state index in [2.05, 4.69) is 0 Å². The van der Waals surface area contributed by atoms with Crippen LogP contribution in [0.25, 0.3) is 0 Å². The van der Waals surface area contributed by atoms with Crippen LogP contribution >= 0.6 is 0 Å². The summed E-state index contributed by atoms with van der Waals surface area (Å²) in [5.41, 5.74) is -7.56. The zero-order chi connectivity index (χ0) is 27.0. The third kappa shape index (κ3) is 3.14. The van der Waals surface area contributed by atoms with Crippen molar-refractivity contribution in [3.8, 4) is 0 Å². The van der Waals surface area contributed by atoms with Gasteiger partial charge >= 0.3 is 11.9 Å². The third-order valence-corrected chi connectivity index (χ3v) is 9.63. The Morgan fingerprint density at radius 2 is 1.97 bits per heavy atom. The van der Waals surface area contributed by atoms with E-state index in [1.165, 1.54) is 37.5 Å². The van der Waals surface area contributed by atoms with Gasteiger partial charge in [0.25, 0.3) is 0 Å². The molecule has 0 aliphatic heterocycles. The number of carbonyl (C=O) groups excluding carboxylic acids is 3. The van der Waals surface area contributed by atoms with Crippen molar-refractivity contribution in [1.82, 2.24) is 0 Å². The average molecular weight is 523 g/mol. The van der Waals surface area contributed by atoms with Crippen molar-refractivity contribution in [2.24, 2.45) is 28.6 Å². The molecule has 5 rings (SSSR count). The van der Waals surface area contributed by atoms with Crippen LogP contribution in [0.2, 0.25) is 0 Å². The Kier molecular flexibility index (Phi) is 5.79. The Labute approximate surface area is 211 Å². The number of ketones is 1. The number of fused-ring (bicyclic) bond motifs is 5. The van der Waals surface area contributed by atoms with Gasteiger partial charge in [0.2, 0.25) is 18.2 Å². The van der Waals surface area contributed by atoms with Crippen LogP contribution in [0.3, 0.4) is 0 Å². The fourth-order valence-corrected chi connectivity index (χ4v) is 7.97. The summed E-state index contributed by atoms with van der Waals surface area (Å²) in [6.07, 6.45) is 0.836. The molecule has 0 amide bonds. The monoisotopic (exact) mass is 522 g/mol. The highest BCUT2D eigenvalue weighted by molar-refractivity contribution is 6.01. The van der Waals surface area contributed by atoms with Gasteiger partial charge in [-0.25, -0.2) is 22.8 Å². The van der Waals surface area contributed by atoms with E-state index in [-0.39, 0.29) is 30.6 Å². The highest BCUT2D eigenvalue weighted by Gasteiger charge is 2.78. The molecule has 9 atom stereocenters. The van der Waals surface area contributed by atoms with E-state index >= 15 is 8.78 Å². The van der Waals surface area contributed by atoms with Gasteiger partial charge in [-0.15, -0.1) is 0 Å². The molecule has 1 heterocycles. The van der Waals surface area contributed by atoms with E-state index in [4.69, 9.17) is 13.9 Å². The van der Waals surface area contributed by atoms with Crippen LogP contribution in [0, 0.1) is 28.6 Å². The van der Waals surface area contributed by atoms with Gasteiger partial charge in [-0.1, -0.05) is 19.9 Å². The van der Waals surface area contributed by atoms with Crippen LogP contribution in [0.4, 0.5) is 13.2 Å². The maximum atomic E-state index is 17.3. The molecular formula is C27H29F3O7. The van der Waals surface area contributed by atoms with Gasteiger partial charge in [0.05, 0.1) is 12.4 Å². The molecule has 4 aliphatic rings. The number of aliphatic hydroxyl groups is 1. The Bertz CT molecular complexity index is 1190. The Balaban J connectivity index is 1.64. The number of furan rings is 1. The predicted molar refractivity (Wildman–Crippen MR) is 122 cm³/mol. The first-order valence-electron chi connectivity index (χ1n) is 12.3. The molecule has 2 unspecified atom stereocenters. The van der Waals surface area contributed by atoms with Crippen LogP contribution in [0.5, 0.6) is 0 Å². The molecule has 0 bridgehead atoms. The molecule has 1 aromatic rings. The standard InChI is InChI=1S/C27H29F3O7/c1-14-9-16-17-11-19(29)18-10-15(31)6-7-24(18,2)26(17,30)21(32)12-25(16,3)27(14,23(34)36-13-28)37-22(33)20-5-4-8-35-20/h4-8,10,14,16-17,19,21,32H,9,11-13H2,1-3H3/t14-,16?,17?,19+,21+,24+,25+,26+,27+/m1/s1. The molecule has 0 radical (unpaired) electrons. The Morgan fingerprint density at radius 3 is 2.62 bits per heavy atom. The van der Waals surface area contributed by atoms with Gasteiger partial charge in [-0.05, 0) is 62.0 Å². The Hall–Kier alpha value is -2.88. The van der Waals surface area contributed by atoms with Crippen molar-refractivity contribution >= 4 is 17.7 Å². The van der Waals surface area contributed by atoms with Crippen LogP contribution in [-0.4, -0.2) is 53.2 Å². The molecule has 0 spiro atoms. The van der Waals surface area contributed by atoms with E-state index in [1.54, 1.807) is 13.8 Å². The molecule has 3 saturated carbocycles. The third-order valence-electron chi connectivity index (χ3n) is 9.63. The SMILES string of the molecule is C[C@@H]1CC2C3C[C@H](F)C4=CC(=O)C=C[C@]4(C)[C@@]3(F)[C@@H](O)C[C@]2(C)[C@@]1(OC(=O)c1ccco1)C(=O)OCF. The maximum Gasteiger partial charge on any atom is 0.375 e. The number of allylic oxidation sites excluding steroid dienone is 4. The molecule has 200 valence electrons. The van der Waals surface area contributed by atoms with E-state index in [0.29, 0.717) is 0 Å². The van der Waals surface area contributed by atoms with Gasteiger partial charge < -0.3 is 19.0 Å². The lowest BCUT2D eigenvalue weighted by Gasteiger charge is -2.63. The molecule has 7 nitrogen and oxygen atoms in total. The van der Waals surface area contributed by atoms with Crippen molar-refractivity contribution in [2.45, 2.75) is 63.6 Å². The van der Waals surface area contributed by atoms with Gasteiger partial charge in [0, 0.05) is 22.7 Å². The van der Waals surface area contributed by atoms with Crippen molar-refractivity contribution in [3.05, 3.63) is 48.0 Å². The van der Waals surface area contributed by atoms with Crippen LogP contribution in [0.1, 0.15) is 50.6 Å². The number of rotatable bonds is 4. The lowest BCUT2D eigenvalue weighted by molar-refractivity contribution is -0.232. The summed E-state index contributed by atoms with van der Waals surface area (Å²) < 4.78 is 61.9. The number of carbonyl (C=O) groups is 3. The molecule has 0 aromatic carbocycles. The van der Waals surface area contributed by atoms with Crippen molar-refractivity contribution in [3.63, 3.8) is 0 Å². The summed E-state index contributed by atoms with van der Waals surface area (Å²) in [7, 11) is 0. The van der Waals surface area contributed by atoms with Crippen LogP contribution < -0.4 is 0 Å². The summed E-state index contributed by atoms with van der Waals surface area (Å²) in [6, 6.07) is 2.78. The van der Waals surface area contributed by atoms with Crippen molar-refractivity contribution in [1.29, 1.82) is 0 Å². The van der Waals surface area contributed by atoms with Crippen LogP contribution in [0.15, 0.2) is 46.6 Å². The molecule has 1 N–H and O–H groups in total. The number of esters is 2. The molecule has 10 heteroatoms. The molecule has 0 saturated heterocycles. The molecular weight excluding hydrogens is 493 g/mol. The quantitative estimate of drug-likeness (QED) is 0.591. The zero-order valence-electron chi connectivity index (χ0n) is 20.7. The smallest absolute Gasteiger partial charge is 0.375 e. The zero-order valence-corrected chi connectivity index (χ0v) is 20.7. The first kappa shape index (κ1) is 25.8. The van der Waals surface area contributed by atoms with Crippen molar-refractivity contribution < 1.29 is 46.6 Å². The number of alkyl halides is 3. The van der Waals surface area contributed by atoms with Gasteiger partial charge in [0.1, 0.15) is 6.17 Å².